The molecule has 0 aliphatic heterocycles. The van der Waals surface area contributed by atoms with Crippen LogP contribution in [0.1, 0.15) is 59.3 Å². The molecule has 0 heterocycles. The molecule has 5 atom stereocenters. The van der Waals surface area contributed by atoms with E-state index in [-0.39, 0.29) is 17.1 Å². The quantitative estimate of drug-likeness (QED) is 0.769. The van der Waals surface area contributed by atoms with Crippen LogP contribution in [-0.2, 0) is 9.59 Å². The van der Waals surface area contributed by atoms with Gasteiger partial charge < -0.3 is 5.11 Å². The Morgan fingerprint density at radius 2 is 2.00 bits per heavy atom. The Morgan fingerprint density at radius 1 is 1.30 bits per heavy atom. The van der Waals surface area contributed by atoms with Gasteiger partial charge in [-0.15, -0.1) is 6.58 Å². The number of carboxylic acid groups (broad SMARTS) is 1. The number of fused-ring (bicyclic) bond motifs is 3. The molecule has 0 aromatic carbocycles. The molecular weight excluding hydrogens is 288 g/mol. The van der Waals surface area contributed by atoms with E-state index in [2.05, 4.69) is 13.5 Å². The van der Waals surface area contributed by atoms with E-state index in [1.807, 2.05) is 19.9 Å². The Bertz CT molecular complexity index is 604. The lowest BCUT2D eigenvalue weighted by molar-refractivity contribution is -0.160. The Hall–Kier alpha value is -1.38. The summed E-state index contributed by atoms with van der Waals surface area (Å²) in [5, 5.41) is 9.82. The number of allylic oxidation sites excluding steroid dienone is 3. The van der Waals surface area contributed by atoms with Crippen molar-refractivity contribution in [1.29, 1.82) is 0 Å². The van der Waals surface area contributed by atoms with E-state index >= 15 is 0 Å². The van der Waals surface area contributed by atoms with E-state index in [1.54, 1.807) is 6.08 Å². The number of aliphatic carboxylic acids is 1. The van der Waals surface area contributed by atoms with Crippen LogP contribution in [0.5, 0.6) is 0 Å². The van der Waals surface area contributed by atoms with Crippen molar-refractivity contribution in [2.75, 3.05) is 0 Å². The maximum atomic E-state index is 12.6. The lowest BCUT2D eigenvalue weighted by Crippen LogP contribution is -2.53. The summed E-state index contributed by atoms with van der Waals surface area (Å²) in [4.78, 5) is 24.6. The highest BCUT2D eigenvalue weighted by molar-refractivity contribution is 5.97. The van der Waals surface area contributed by atoms with Crippen LogP contribution < -0.4 is 0 Å². The fourth-order valence-corrected chi connectivity index (χ4v) is 5.70. The molecule has 3 nitrogen and oxygen atoms in total. The first-order valence-electron chi connectivity index (χ1n) is 8.81. The predicted molar refractivity (Wildman–Crippen MR) is 89.9 cm³/mol. The minimum atomic E-state index is -0.675. The molecule has 0 amide bonds. The molecule has 0 saturated heterocycles. The van der Waals surface area contributed by atoms with Gasteiger partial charge in [0.2, 0.25) is 0 Å². The monoisotopic (exact) mass is 316 g/mol. The van der Waals surface area contributed by atoms with Gasteiger partial charge in [-0.3, -0.25) is 9.59 Å². The highest BCUT2D eigenvalue weighted by Crippen LogP contribution is 2.63. The average molecular weight is 316 g/mol. The summed E-state index contributed by atoms with van der Waals surface area (Å²) >= 11 is 0. The zero-order chi connectivity index (χ0) is 17.0. The number of hydrogen-bond donors (Lipinski definition) is 1. The van der Waals surface area contributed by atoms with Crippen LogP contribution in [0.4, 0.5) is 0 Å². The summed E-state index contributed by atoms with van der Waals surface area (Å²) in [5.41, 5.74) is -0.0411. The Kier molecular flexibility index (Phi) is 3.62. The third kappa shape index (κ3) is 2.15. The second kappa shape index (κ2) is 5.06. The Balaban J connectivity index is 2.06. The molecule has 0 aromatic heterocycles. The van der Waals surface area contributed by atoms with E-state index in [0.717, 1.165) is 38.5 Å². The lowest BCUT2D eigenvalue weighted by Gasteiger charge is -2.57. The zero-order valence-corrected chi connectivity index (χ0v) is 14.5. The molecular formula is C20H28O3. The van der Waals surface area contributed by atoms with Gasteiger partial charge in [-0.2, -0.15) is 0 Å². The lowest BCUT2D eigenvalue weighted by atomic mass is 9.46. The first-order valence-corrected chi connectivity index (χ1v) is 8.81. The van der Waals surface area contributed by atoms with Gasteiger partial charge >= 0.3 is 5.97 Å². The van der Waals surface area contributed by atoms with Gasteiger partial charge in [-0.25, -0.2) is 0 Å². The Morgan fingerprint density at radius 3 is 2.61 bits per heavy atom. The molecule has 126 valence electrons. The third-order valence-electron chi connectivity index (χ3n) is 7.29. The summed E-state index contributed by atoms with van der Waals surface area (Å²) in [6, 6.07) is 0. The molecule has 3 aliphatic rings. The minimum Gasteiger partial charge on any atom is -0.481 e. The Labute approximate surface area is 138 Å². The van der Waals surface area contributed by atoms with E-state index in [4.69, 9.17) is 0 Å². The standard InChI is InChI=1S/C20H28O3/c1-5-18(2)12-13-7-8-15-19(3,14(13)11-16(18)21)9-6-10-20(15,4)17(22)23/h5,11,13,15H,1,6-10,12H2,2-4H3,(H,22,23)/t13-,15+,18-,19-,20+/m0/s1. The fourth-order valence-electron chi connectivity index (χ4n) is 5.70. The minimum absolute atomic E-state index is 0.129. The summed E-state index contributed by atoms with van der Waals surface area (Å²) in [7, 11) is 0. The van der Waals surface area contributed by atoms with Crippen molar-refractivity contribution in [2.45, 2.75) is 59.3 Å². The number of carbonyl (C=O) groups excluding carboxylic acids is 1. The maximum Gasteiger partial charge on any atom is 0.309 e. The fraction of sp³-hybridized carbons (Fsp3) is 0.700. The summed E-state index contributed by atoms with van der Waals surface area (Å²) in [5.74, 6) is -0.00787. The highest BCUT2D eigenvalue weighted by Gasteiger charge is 2.58. The summed E-state index contributed by atoms with van der Waals surface area (Å²) in [6.45, 7) is 9.96. The molecule has 0 aromatic rings. The number of hydrogen-bond acceptors (Lipinski definition) is 2. The SMILES string of the molecule is C=C[C@@]1(C)C[C@@H]2CC[C@H]3[C@](C)(C(=O)O)CCC[C@@]3(C)C2=CC1=O. The van der Waals surface area contributed by atoms with Gasteiger partial charge in [0.05, 0.1) is 5.41 Å². The number of carbonyl (C=O) groups is 2. The zero-order valence-electron chi connectivity index (χ0n) is 14.5. The van der Waals surface area contributed by atoms with Gasteiger partial charge in [0.1, 0.15) is 0 Å². The molecule has 3 aliphatic carbocycles. The van der Waals surface area contributed by atoms with Gasteiger partial charge in [-0.1, -0.05) is 25.0 Å². The maximum absolute atomic E-state index is 12.6. The van der Waals surface area contributed by atoms with Crippen molar-refractivity contribution in [3.8, 4) is 0 Å². The molecule has 0 unspecified atom stereocenters. The van der Waals surface area contributed by atoms with Crippen LogP contribution in [-0.4, -0.2) is 16.9 Å². The molecule has 23 heavy (non-hydrogen) atoms. The molecule has 1 N–H and O–H groups in total. The van der Waals surface area contributed by atoms with Crippen LogP contribution >= 0.6 is 0 Å². The molecule has 3 heteroatoms. The summed E-state index contributed by atoms with van der Waals surface area (Å²) < 4.78 is 0. The third-order valence-corrected chi connectivity index (χ3v) is 7.29. The summed E-state index contributed by atoms with van der Waals surface area (Å²) in [6.07, 6.45) is 9.09. The topological polar surface area (TPSA) is 54.4 Å². The number of rotatable bonds is 2. The normalized spacial score (nSPS) is 46.4. The van der Waals surface area contributed by atoms with Crippen LogP contribution in [0, 0.1) is 28.1 Å². The van der Waals surface area contributed by atoms with Crippen molar-refractivity contribution >= 4 is 11.8 Å². The molecule has 0 spiro atoms. The molecule has 0 radical (unpaired) electrons. The second-order valence-electron chi connectivity index (χ2n) is 8.61. The van der Waals surface area contributed by atoms with Crippen molar-refractivity contribution in [3.63, 3.8) is 0 Å². The van der Waals surface area contributed by atoms with Gasteiger partial charge in [-0.05, 0) is 69.3 Å². The van der Waals surface area contributed by atoms with Crippen LogP contribution in [0.2, 0.25) is 0 Å². The van der Waals surface area contributed by atoms with Gasteiger partial charge in [0.25, 0.3) is 0 Å². The van der Waals surface area contributed by atoms with E-state index in [1.165, 1.54) is 5.57 Å². The van der Waals surface area contributed by atoms with Crippen molar-refractivity contribution in [1.82, 2.24) is 0 Å². The van der Waals surface area contributed by atoms with Crippen LogP contribution in [0.15, 0.2) is 24.3 Å². The van der Waals surface area contributed by atoms with E-state index in [0.29, 0.717) is 5.92 Å². The number of carboxylic acids is 1. The van der Waals surface area contributed by atoms with Crippen molar-refractivity contribution < 1.29 is 14.7 Å². The molecule has 0 bridgehead atoms. The van der Waals surface area contributed by atoms with Crippen molar-refractivity contribution in [2.24, 2.45) is 28.1 Å². The molecule has 3 rings (SSSR count). The second-order valence-corrected chi connectivity index (χ2v) is 8.61. The smallest absolute Gasteiger partial charge is 0.309 e. The first-order chi connectivity index (χ1) is 10.7. The predicted octanol–water partition coefficient (Wildman–Crippen LogP) is 4.39. The van der Waals surface area contributed by atoms with E-state index < -0.39 is 16.8 Å². The molecule has 2 saturated carbocycles. The van der Waals surface area contributed by atoms with E-state index in [9.17, 15) is 14.7 Å². The van der Waals surface area contributed by atoms with Gasteiger partial charge in [0, 0.05) is 5.41 Å². The van der Waals surface area contributed by atoms with Crippen LogP contribution in [0.3, 0.4) is 0 Å². The van der Waals surface area contributed by atoms with Crippen molar-refractivity contribution in [3.05, 3.63) is 24.3 Å². The highest BCUT2D eigenvalue weighted by atomic mass is 16.4. The molecule has 2 fully saturated rings. The largest absolute Gasteiger partial charge is 0.481 e. The number of ketones is 1. The van der Waals surface area contributed by atoms with Gasteiger partial charge in [0.15, 0.2) is 5.78 Å². The first kappa shape index (κ1) is 16.5. The average Bonchev–Trinajstić information content (AvgIpc) is 2.49. The van der Waals surface area contributed by atoms with Crippen LogP contribution in [0.25, 0.3) is 0 Å².